The molecule has 8 heteroatoms. The second-order valence-corrected chi connectivity index (χ2v) is 5.00. The summed E-state index contributed by atoms with van der Waals surface area (Å²) in [4.78, 5) is 12.1. The maximum atomic E-state index is 13.5. The summed E-state index contributed by atoms with van der Waals surface area (Å²) in [5.41, 5.74) is 0.815. The molecule has 0 amide bonds. The third kappa shape index (κ3) is 3.80. The van der Waals surface area contributed by atoms with E-state index in [0.717, 1.165) is 31.0 Å². The van der Waals surface area contributed by atoms with Gasteiger partial charge in [-0.2, -0.15) is 0 Å². The molecule has 0 bridgehead atoms. The molecular weight excluding hydrogens is 278 g/mol. The maximum absolute atomic E-state index is 13.5. The van der Waals surface area contributed by atoms with Crippen LogP contribution in [-0.2, 0) is 4.65 Å². The summed E-state index contributed by atoms with van der Waals surface area (Å²) in [5, 5.41) is 20.1. The molecule has 0 unspecified atom stereocenters. The Hall–Kier alpha value is -1.93. The van der Waals surface area contributed by atoms with Gasteiger partial charge in [0.15, 0.2) is 5.82 Å². The first-order chi connectivity index (χ1) is 10.0. The number of benzene rings is 1. The minimum Gasteiger partial charge on any atom is -0.500 e. The number of phenolic OH excluding ortho intramolecular Hbond substituents is 1. The van der Waals surface area contributed by atoms with Crippen molar-refractivity contribution < 1.29 is 19.1 Å². The lowest BCUT2D eigenvalue weighted by Crippen LogP contribution is -2.35. The number of phenols is 1. The van der Waals surface area contributed by atoms with Crippen LogP contribution in [0.4, 0.5) is 10.1 Å². The van der Waals surface area contributed by atoms with Crippen molar-refractivity contribution in [1.29, 1.82) is 0 Å². The van der Waals surface area contributed by atoms with Crippen molar-refractivity contribution in [3.05, 3.63) is 39.2 Å². The first-order valence-corrected chi connectivity index (χ1v) is 6.59. The van der Waals surface area contributed by atoms with Crippen LogP contribution in [0.5, 0.6) is 5.75 Å². The topological polar surface area (TPSA) is 75.8 Å². The molecule has 1 saturated heterocycles. The normalized spacial score (nSPS) is 17.9. The number of piperidine rings is 1. The van der Waals surface area contributed by atoms with E-state index in [1.165, 1.54) is 6.07 Å². The van der Waals surface area contributed by atoms with Crippen molar-refractivity contribution >= 4 is 19.4 Å². The van der Waals surface area contributed by atoms with Crippen LogP contribution in [0.3, 0.4) is 0 Å². The summed E-state index contributed by atoms with van der Waals surface area (Å²) >= 11 is 0. The Morgan fingerprint density at radius 2 is 2.33 bits per heavy atom. The van der Waals surface area contributed by atoms with E-state index in [0.29, 0.717) is 19.7 Å². The molecule has 0 saturated carbocycles. The lowest BCUT2D eigenvalue weighted by molar-refractivity contribution is -0.386. The number of hydrogen-bond acceptors (Lipinski definition) is 5. The number of rotatable bonds is 4. The van der Waals surface area contributed by atoms with Crippen molar-refractivity contribution in [3.8, 4) is 5.75 Å². The van der Waals surface area contributed by atoms with E-state index in [1.807, 2.05) is 0 Å². The van der Waals surface area contributed by atoms with E-state index in [4.69, 9.17) is 4.65 Å². The van der Waals surface area contributed by atoms with Gasteiger partial charge in [-0.05, 0) is 31.0 Å². The second-order valence-electron chi connectivity index (χ2n) is 5.00. The second kappa shape index (κ2) is 6.69. The summed E-state index contributed by atoms with van der Waals surface area (Å²) in [5.74, 6) is -1.91. The number of halogens is 1. The monoisotopic (exact) mass is 294 g/mol. The number of nitro groups is 1. The zero-order chi connectivity index (χ0) is 15.4. The van der Waals surface area contributed by atoms with Gasteiger partial charge in [-0.1, -0.05) is 11.6 Å². The Kier molecular flexibility index (Phi) is 4.92. The van der Waals surface area contributed by atoms with Crippen LogP contribution in [0.1, 0.15) is 18.4 Å². The van der Waals surface area contributed by atoms with Gasteiger partial charge in [-0.15, -0.1) is 0 Å². The first kappa shape index (κ1) is 15.5. The summed E-state index contributed by atoms with van der Waals surface area (Å²) in [7, 11) is 2.14. The SMILES string of the molecule is COBN1CCCC(=Cc2cc(F)c(O)c([N+](=O)[O-])c2)C1. The van der Waals surface area contributed by atoms with E-state index in [1.54, 1.807) is 13.2 Å². The van der Waals surface area contributed by atoms with E-state index in [9.17, 15) is 19.6 Å². The zero-order valence-electron chi connectivity index (χ0n) is 11.7. The lowest BCUT2D eigenvalue weighted by Gasteiger charge is -2.27. The molecule has 1 aliphatic heterocycles. The minimum absolute atomic E-state index is 0.381. The quantitative estimate of drug-likeness (QED) is 0.521. The molecule has 2 rings (SSSR count). The number of hydrogen-bond donors (Lipinski definition) is 1. The Bertz CT molecular complexity index is 578. The van der Waals surface area contributed by atoms with E-state index in [2.05, 4.69) is 4.81 Å². The smallest absolute Gasteiger partial charge is 0.363 e. The molecule has 1 N–H and O–H groups in total. The highest BCUT2D eigenvalue weighted by Crippen LogP contribution is 2.31. The highest BCUT2D eigenvalue weighted by molar-refractivity contribution is 6.23. The molecule has 1 aromatic carbocycles. The van der Waals surface area contributed by atoms with Crippen LogP contribution < -0.4 is 0 Å². The van der Waals surface area contributed by atoms with E-state index >= 15 is 0 Å². The third-order valence-corrected chi connectivity index (χ3v) is 3.34. The summed E-state index contributed by atoms with van der Waals surface area (Å²) in [6.45, 7) is 1.61. The largest absolute Gasteiger partial charge is 0.500 e. The number of nitro benzene ring substituents is 1. The van der Waals surface area contributed by atoms with Crippen LogP contribution in [0.15, 0.2) is 17.7 Å². The minimum atomic E-state index is -0.986. The van der Waals surface area contributed by atoms with Crippen LogP contribution >= 0.6 is 0 Å². The van der Waals surface area contributed by atoms with Gasteiger partial charge in [0.1, 0.15) is 0 Å². The summed E-state index contributed by atoms with van der Waals surface area (Å²) in [6, 6.07) is 2.28. The molecule has 0 radical (unpaired) electrons. The van der Waals surface area contributed by atoms with Crippen LogP contribution in [-0.4, -0.2) is 42.7 Å². The standard InChI is InChI=1S/C13H16BFN2O4/c1-21-14-16-4-2-3-9(8-16)5-10-6-11(15)13(18)12(7-10)17(19)20/h5-7,14,18H,2-4,8H2,1H3. The molecule has 112 valence electrons. The highest BCUT2D eigenvalue weighted by atomic mass is 19.1. The van der Waals surface area contributed by atoms with Gasteiger partial charge in [0.05, 0.1) is 4.92 Å². The van der Waals surface area contributed by atoms with Gasteiger partial charge in [-0.3, -0.25) is 10.1 Å². The molecule has 6 nitrogen and oxygen atoms in total. The van der Waals surface area contributed by atoms with Gasteiger partial charge >= 0.3 is 13.3 Å². The Balaban J connectivity index is 2.26. The van der Waals surface area contributed by atoms with E-state index in [-0.39, 0.29) is 0 Å². The molecule has 21 heavy (non-hydrogen) atoms. The summed E-state index contributed by atoms with van der Waals surface area (Å²) in [6.07, 6.45) is 3.55. The van der Waals surface area contributed by atoms with Gasteiger partial charge in [-0.25, -0.2) is 4.39 Å². The molecule has 0 spiro atoms. The highest BCUT2D eigenvalue weighted by Gasteiger charge is 2.20. The van der Waals surface area contributed by atoms with Crippen molar-refractivity contribution in [1.82, 2.24) is 4.81 Å². The average Bonchev–Trinajstić information content (AvgIpc) is 2.43. The lowest BCUT2D eigenvalue weighted by atomic mass is 9.97. The van der Waals surface area contributed by atoms with Crippen molar-refractivity contribution in [2.24, 2.45) is 0 Å². The van der Waals surface area contributed by atoms with Crippen LogP contribution in [0.2, 0.25) is 0 Å². The van der Waals surface area contributed by atoms with Gasteiger partial charge in [0.2, 0.25) is 5.75 Å². The molecule has 0 atom stereocenters. The molecular formula is C13H16BFN2O4. The van der Waals surface area contributed by atoms with Gasteiger partial charge in [0, 0.05) is 19.7 Å². The van der Waals surface area contributed by atoms with Gasteiger partial charge in [0.25, 0.3) is 0 Å². The van der Waals surface area contributed by atoms with Crippen molar-refractivity contribution in [2.45, 2.75) is 12.8 Å². The van der Waals surface area contributed by atoms with E-state index < -0.39 is 22.2 Å². The maximum Gasteiger partial charge on any atom is 0.363 e. The molecule has 0 aromatic heterocycles. The molecule has 1 heterocycles. The van der Waals surface area contributed by atoms with Crippen LogP contribution in [0, 0.1) is 15.9 Å². The Labute approximate surface area is 122 Å². The predicted molar refractivity (Wildman–Crippen MR) is 77.7 cm³/mol. The number of aromatic hydroxyl groups is 1. The van der Waals surface area contributed by atoms with Crippen molar-refractivity contribution in [3.63, 3.8) is 0 Å². The van der Waals surface area contributed by atoms with Crippen LogP contribution in [0.25, 0.3) is 6.08 Å². The third-order valence-electron chi connectivity index (χ3n) is 3.34. The fourth-order valence-electron chi connectivity index (χ4n) is 2.45. The van der Waals surface area contributed by atoms with Gasteiger partial charge < -0.3 is 14.6 Å². The van der Waals surface area contributed by atoms with Crippen molar-refractivity contribution in [2.75, 3.05) is 20.2 Å². The zero-order valence-corrected chi connectivity index (χ0v) is 11.7. The fourth-order valence-corrected chi connectivity index (χ4v) is 2.45. The predicted octanol–water partition coefficient (Wildman–Crippen LogP) is 1.83. The molecule has 1 fully saturated rings. The Morgan fingerprint density at radius 1 is 1.57 bits per heavy atom. The number of nitrogens with zero attached hydrogens (tertiary/aromatic N) is 2. The summed E-state index contributed by atoms with van der Waals surface area (Å²) < 4.78 is 18.6. The Morgan fingerprint density at radius 3 is 3.00 bits per heavy atom. The molecule has 1 aliphatic rings. The molecule has 1 aromatic rings. The first-order valence-electron chi connectivity index (χ1n) is 6.59. The average molecular weight is 294 g/mol. The fraction of sp³-hybridized carbons (Fsp3) is 0.385. The molecule has 0 aliphatic carbocycles.